The van der Waals surface area contributed by atoms with Crippen LogP contribution in [0.15, 0.2) is 0 Å². The van der Waals surface area contributed by atoms with Crippen molar-refractivity contribution in [3.05, 3.63) is 0 Å². The molecule has 1 saturated heterocycles. The predicted molar refractivity (Wildman–Crippen MR) is 48.6 cm³/mol. The van der Waals surface area contributed by atoms with Crippen molar-refractivity contribution in [2.75, 3.05) is 33.3 Å². The zero-order chi connectivity index (χ0) is 8.10. The summed E-state index contributed by atoms with van der Waals surface area (Å²) < 4.78 is 5.16. The van der Waals surface area contributed by atoms with E-state index in [9.17, 15) is 4.79 Å². The zero-order valence-electron chi connectivity index (χ0n) is 7.16. The third-order valence-corrected chi connectivity index (χ3v) is 1.88. The second-order valence-corrected chi connectivity index (χ2v) is 2.56. The number of hydrogen-bond donors (Lipinski definition) is 1. The van der Waals surface area contributed by atoms with E-state index < -0.39 is 0 Å². The average Bonchev–Trinajstić information content (AvgIpc) is 2.06. The molecule has 5 heteroatoms. The maximum Gasteiger partial charge on any atom is 0.134 e. The number of rotatable bonds is 3. The first-order valence-corrected chi connectivity index (χ1v) is 3.79. The van der Waals surface area contributed by atoms with Gasteiger partial charge >= 0.3 is 0 Å². The van der Waals surface area contributed by atoms with Crippen LogP contribution in [0.2, 0.25) is 0 Å². The van der Waals surface area contributed by atoms with E-state index in [0.29, 0.717) is 6.54 Å². The molecule has 72 valence electrons. The maximum absolute atomic E-state index is 10.2. The molecule has 0 unspecified atom stereocenters. The monoisotopic (exact) mass is 194 g/mol. The topological polar surface area (TPSA) is 41.6 Å². The van der Waals surface area contributed by atoms with Gasteiger partial charge in [-0.05, 0) is 0 Å². The first-order chi connectivity index (χ1) is 5.38. The van der Waals surface area contributed by atoms with Gasteiger partial charge in [-0.2, -0.15) is 0 Å². The van der Waals surface area contributed by atoms with Crippen LogP contribution in [-0.2, 0) is 9.53 Å². The fourth-order valence-corrected chi connectivity index (χ4v) is 1.26. The van der Waals surface area contributed by atoms with Crippen molar-refractivity contribution in [1.29, 1.82) is 0 Å². The maximum atomic E-state index is 10.2. The number of ether oxygens (including phenoxy) is 1. The molecule has 4 nitrogen and oxygen atoms in total. The van der Waals surface area contributed by atoms with Crippen molar-refractivity contribution in [2.45, 2.75) is 6.23 Å². The molecule has 0 saturated carbocycles. The highest BCUT2D eigenvalue weighted by atomic mass is 35.5. The minimum absolute atomic E-state index is 0. The van der Waals surface area contributed by atoms with Crippen LogP contribution in [-0.4, -0.2) is 50.7 Å². The molecule has 1 fully saturated rings. The van der Waals surface area contributed by atoms with Crippen molar-refractivity contribution in [2.24, 2.45) is 0 Å². The molecule has 0 aliphatic carbocycles. The molecule has 1 rings (SSSR count). The van der Waals surface area contributed by atoms with E-state index in [4.69, 9.17) is 4.74 Å². The van der Waals surface area contributed by atoms with E-state index in [-0.39, 0.29) is 18.6 Å². The molecule has 0 aromatic heterocycles. The second-order valence-electron chi connectivity index (χ2n) is 2.56. The molecule has 0 spiro atoms. The number of aldehydes is 1. The molecule has 0 bridgehead atoms. The van der Waals surface area contributed by atoms with Crippen LogP contribution < -0.4 is 5.32 Å². The molecule has 0 aromatic carbocycles. The van der Waals surface area contributed by atoms with Crippen LogP contribution in [0.5, 0.6) is 0 Å². The Morgan fingerprint density at radius 3 is 3.08 bits per heavy atom. The summed E-state index contributed by atoms with van der Waals surface area (Å²) in [6.45, 7) is 3.11. The lowest BCUT2D eigenvalue weighted by Gasteiger charge is -2.33. The Hall–Kier alpha value is -0.160. The summed E-state index contributed by atoms with van der Waals surface area (Å²) in [6.07, 6.45) is 0.978. The van der Waals surface area contributed by atoms with E-state index in [1.54, 1.807) is 7.11 Å². The summed E-state index contributed by atoms with van der Waals surface area (Å²) in [4.78, 5) is 12.2. The van der Waals surface area contributed by atoms with E-state index in [0.717, 1.165) is 25.9 Å². The Bertz CT molecular complexity index is 135. The number of halogens is 1. The van der Waals surface area contributed by atoms with Crippen LogP contribution in [0.3, 0.4) is 0 Å². The molecule has 1 heterocycles. The Kier molecular flexibility index (Phi) is 6.28. The summed E-state index contributed by atoms with van der Waals surface area (Å²) in [5.74, 6) is 0. The highest BCUT2D eigenvalue weighted by molar-refractivity contribution is 5.85. The van der Waals surface area contributed by atoms with Crippen LogP contribution in [0.25, 0.3) is 0 Å². The van der Waals surface area contributed by atoms with Gasteiger partial charge < -0.3 is 14.8 Å². The highest BCUT2D eigenvalue weighted by Crippen LogP contribution is 2.01. The first-order valence-electron chi connectivity index (χ1n) is 3.79. The number of piperazine rings is 1. The quantitative estimate of drug-likeness (QED) is 0.615. The third-order valence-electron chi connectivity index (χ3n) is 1.88. The lowest BCUT2D eigenvalue weighted by atomic mass is 10.3. The van der Waals surface area contributed by atoms with E-state index in [2.05, 4.69) is 5.32 Å². The van der Waals surface area contributed by atoms with Gasteiger partial charge in [-0.25, -0.2) is 0 Å². The van der Waals surface area contributed by atoms with Crippen molar-refractivity contribution >= 4 is 18.7 Å². The van der Waals surface area contributed by atoms with Gasteiger partial charge in [-0.1, -0.05) is 0 Å². The van der Waals surface area contributed by atoms with Crippen molar-refractivity contribution < 1.29 is 9.53 Å². The number of hydrogen-bond acceptors (Lipinski definition) is 4. The van der Waals surface area contributed by atoms with Gasteiger partial charge in [-0.15, -0.1) is 12.4 Å². The second kappa shape index (κ2) is 6.37. The lowest BCUT2D eigenvalue weighted by molar-refractivity contribution is -0.113. The highest BCUT2D eigenvalue weighted by Gasteiger charge is 2.20. The smallest absolute Gasteiger partial charge is 0.134 e. The van der Waals surface area contributed by atoms with Gasteiger partial charge in [-0.3, -0.25) is 4.90 Å². The SMILES string of the molecule is CO[C@H]1CNCCN1CC=O.Cl. The lowest BCUT2D eigenvalue weighted by Crippen LogP contribution is -2.52. The summed E-state index contributed by atoms with van der Waals surface area (Å²) in [5.41, 5.74) is 0. The largest absolute Gasteiger partial charge is 0.365 e. The number of carbonyl (C=O) groups excluding carboxylic acids is 1. The van der Waals surface area contributed by atoms with E-state index in [1.807, 2.05) is 4.90 Å². The molecule has 0 radical (unpaired) electrons. The molecule has 1 aliphatic heterocycles. The van der Waals surface area contributed by atoms with Gasteiger partial charge in [0.25, 0.3) is 0 Å². The molecule has 1 N–H and O–H groups in total. The minimum Gasteiger partial charge on any atom is -0.365 e. The molecular formula is C7H15ClN2O2. The Balaban J connectivity index is 0.00000121. The fourth-order valence-electron chi connectivity index (χ4n) is 1.26. The minimum atomic E-state index is 0. The predicted octanol–water partition coefficient (Wildman–Crippen LogP) is -0.515. The fraction of sp³-hybridized carbons (Fsp3) is 0.857. The van der Waals surface area contributed by atoms with Gasteiger partial charge in [0.15, 0.2) is 0 Å². The summed E-state index contributed by atoms with van der Waals surface area (Å²) in [6, 6.07) is 0. The number of methoxy groups -OCH3 is 1. The van der Waals surface area contributed by atoms with Gasteiger partial charge in [0, 0.05) is 26.7 Å². The number of nitrogens with one attached hydrogen (secondary N) is 1. The standard InChI is InChI=1S/C7H14N2O2.ClH/c1-11-7-6-8-2-3-9(7)4-5-10;/h5,7-8H,2-4,6H2,1H3;1H/t7-;/m0./s1. The van der Waals surface area contributed by atoms with E-state index >= 15 is 0 Å². The molecule has 1 atom stereocenters. The number of nitrogens with zero attached hydrogens (tertiary/aromatic N) is 1. The Morgan fingerprint density at radius 1 is 1.75 bits per heavy atom. The average molecular weight is 195 g/mol. The van der Waals surface area contributed by atoms with Crippen molar-refractivity contribution in [3.8, 4) is 0 Å². The van der Waals surface area contributed by atoms with E-state index in [1.165, 1.54) is 0 Å². The number of carbonyl (C=O) groups is 1. The van der Waals surface area contributed by atoms with Crippen LogP contribution in [0.1, 0.15) is 0 Å². The summed E-state index contributed by atoms with van der Waals surface area (Å²) in [5, 5.41) is 3.19. The molecule has 0 amide bonds. The van der Waals surface area contributed by atoms with Crippen LogP contribution >= 0.6 is 12.4 Å². The Labute approximate surface area is 78.7 Å². The summed E-state index contributed by atoms with van der Waals surface area (Å²) in [7, 11) is 1.66. The molecule has 12 heavy (non-hydrogen) atoms. The van der Waals surface area contributed by atoms with Crippen molar-refractivity contribution in [1.82, 2.24) is 10.2 Å². The van der Waals surface area contributed by atoms with Crippen molar-refractivity contribution in [3.63, 3.8) is 0 Å². The third kappa shape index (κ3) is 3.06. The summed E-state index contributed by atoms with van der Waals surface area (Å²) >= 11 is 0. The van der Waals surface area contributed by atoms with Gasteiger partial charge in [0.2, 0.25) is 0 Å². The zero-order valence-corrected chi connectivity index (χ0v) is 7.97. The first kappa shape index (κ1) is 11.8. The molecular weight excluding hydrogens is 180 g/mol. The van der Waals surface area contributed by atoms with Crippen LogP contribution in [0, 0.1) is 0 Å². The normalized spacial score (nSPS) is 24.6. The molecule has 0 aromatic rings. The molecule has 1 aliphatic rings. The van der Waals surface area contributed by atoms with Gasteiger partial charge in [0.05, 0.1) is 6.54 Å². The Morgan fingerprint density at radius 2 is 2.50 bits per heavy atom. The van der Waals surface area contributed by atoms with Crippen LogP contribution in [0.4, 0.5) is 0 Å². The van der Waals surface area contributed by atoms with Gasteiger partial charge in [0.1, 0.15) is 12.5 Å².